The molecule has 0 saturated heterocycles. The average molecular weight is 370 g/mol. The van der Waals surface area contributed by atoms with Crippen LogP contribution >= 0.6 is 27.5 Å². The van der Waals surface area contributed by atoms with E-state index in [1.807, 2.05) is 6.07 Å². The predicted molar refractivity (Wildman–Crippen MR) is 88.7 cm³/mol. The molecular weight excluding hydrogens is 356 g/mol. The number of ether oxygens (including phenoxy) is 1. The van der Waals surface area contributed by atoms with Crippen molar-refractivity contribution in [3.8, 4) is 5.75 Å². The van der Waals surface area contributed by atoms with Crippen molar-refractivity contribution in [2.75, 3.05) is 17.7 Å². The van der Waals surface area contributed by atoms with E-state index in [0.29, 0.717) is 22.1 Å². The molecule has 0 bridgehead atoms. The van der Waals surface area contributed by atoms with Gasteiger partial charge in [-0.05, 0) is 42.5 Å². The lowest BCUT2D eigenvalue weighted by Crippen LogP contribution is -2.15. The third-order valence-corrected chi connectivity index (χ3v) is 3.46. The minimum atomic E-state index is -0.131. The first-order chi connectivity index (χ1) is 10.0. The molecule has 2 rings (SSSR count). The number of nitrogen functional groups attached to an aromatic ring is 1. The maximum atomic E-state index is 11.8. The summed E-state index contributed by atoms with van der Waals surface area (Å²) in [6.45, 7) is 0.252. The van der Waals surface area contributed by atoms with E-state index in [4.69, 9.17) is 22.1 Å². The fourth-order valence-electron chi connectivity index (χ4n) is 1.64. The predicted octanol–water partition coefficient (Wildman–Crippen LogP) is 4.09. The second kappa shape index (κ2) is 7.33. The molecule has 0 fully saturated rings. The summed E-state index contributed by atoms with van der Waals surface area (Å²) >= 11 is 9.34. The van der Waals surface area contributed by atoms with E-state index in [2.05, 4.69) is 21.2 Å². The Morgan fingerprint density at radius 1 is 1.24 bits per heavy atom. The molecule has 0 aromatic heterocycles. The van der Waals surface area contributed by atoms with Crippen molar-refractivity contribution in [1.82, 2.24) is 0 Å². The highest BCUT2D eigenvalue weighted by atomic mass is 79.9. The van der Waals surface area contributed by atoms with Gasteiger partial charge in [0, 0.05) is 15.8 Å². The van der Waals surface area contributed by atoms with Gasteiger partial charge < -0.3 is 15.8 Å². The monoisotopic (exact) mass is 368 g/mol. The molecule has 1 amide bonds. The van der Waals surface area contributed by atoms with Crippen LogP contribution < -0.4 is 15.8 Å². The summed E-state index contributed by atoms with van der Waals surface area (Å²) in [6.07, 6.45) is 0.233. The summed E-state index contributed by atoms with van der Waals surface area (Å²) < 4.78 is 6.36. The maximum Gasteiger partial charge on any atom is 0.227 e. The molecule has 2 aromatic carbocycles. The van der Waals surface area contributed by atoms with Gasteiger partial charge in [0.05, 0.1) is 18.1 Å². The van der Waals surface area contributed by atoms with Gasteiger partial charge in [-0.15, -0.1) is 0 Å². The van der Waals surface area contributed by atoms with Crippen molar-refractivity contribution in [3.63, 3.8) is 0 Å². The van der Waals surface area contributed by atoms with Crippen LogP contribution in [0.1, 0.15) is 6.42 Å². The zero-order chi connectivity index (χ0) is 15.2. The highest BCUT2D eigenvalue weighted by Crippen LogP contribution is 2.27. The lowest BCUT2D eigenvalue weighted by atomic mass is 10.3. The van der Waals surface area contributed by atoms with Gasteiger partial charge in [0.2, 0.25) is 5.91 Å². The van der Waals surface area contributed by atoms with Crippen LogP contribution in [-0.4, -0.2) is 12.5 Å². The van der Waals surface area contributed by atoms with E-state index in [9.17, 15) is 4.79 Å². The number of rotatable bonds is 5. The quantitative estimate of drug-likeness (QED) is 0.780. The Balaban J connectivity index is 1.80. The van der Waals surface area contributed by atoms with E-state index in [0.717, 1.165) is 4.47 Å². The Bertz CT molecular complexity index is 632. The Morgan fingerprint density at radius 2 is 1.95 bits per heavy atom. The first kappa shape index (κ1) is 15.7. The number of hydrogen-bond donors (Lipinski definition) is 2. The molecule has 0 aliphatic rings. The van der Waals surface area contributed by atoms with Crippen molar-refractivity contribution >= 4 is 44.8 Å². The maximum absolute atomic E-state index is 11.8. The van der Waals surface area contributed by atoms with Gasteiger partial charge in [-0.2, -0.15) is 0 Å². The van der Waals surface area contributed by atoms with Crippen LogP contribution in [0, 0.1) is 0 Å². The van der Waals surface area contributed by atoms with Crippen LogP contribution in [0.4, 0.5) is 11.4 Å². The Kier molecular flexibility index (Phi) is 5.47. The highest BCUT2D eigenvalue weighted by molar-refractivity contribution is 9.10. The minimum absolute atomic E-state index is 0.131. The topological polar surface area (TPSA) is 64.3 Å². The number of carbonyl (C=O) groups is 1. The van der Waals surface area contributed by atoms with Gasteiger partial charge in [0.1, 0.15) is 5.75 Å². The first-order valence-corrected chi connectivity index (χ1v) is 7.45. The normalized spacial score (nSPS) is 10.2. The van der Waals surface area contributed by atoms with Crippen LogP contribution in [0.5, 0.6) is 5.75 Å². The first-order valence-electron chi connectivity index (χ1n) is 6.28. The molecule has 21 heavy (non-hydrogen) atoms. The van der Waals surface area contributed by atoms with Crippen LogP contribution in [0.25, 0.3) is 0 Å². The molecule has 0 heterocycles. The summed E-state index contributed by atoms with van der Waals surface area (Å²) in [6, 6.07) is 12.3. The molecule has 0 atom stereocenters. The number of carbonyl (C=O) groups excluding carboxylic acids is 1. The minimum Gasteiger partial charge on any atom is -0.491 e. The van der Waals surface area contributed by atoms with Gasteiger partial charge in [-0.25, -0.2) is 0 Å². The molecule has 0 radical (unpaired) electrons. The number of benzene rings is 2. The van der Waals surface area contributed by atoms with Crippen LogP contribution in [-0.2, 0) is 4.79 Å². The van der Waals surface area contributed by atoms with Gasteiger partial charge in [-0.1, -0.05) is 27.5 Å². The third kappa shape index (κ3) is 4.95. The van der Waals surface area contributed by atoms with Crippen LogP contribution in [0.2, 0.25) is 5.02 Å². The smallest absolute Gasteiger partial charge is 0.227 e. The van der Waals surface area contributed by atoms with E-state index >= 15 is 0 Å². The van der Waals surface area contributed by atoms with Gasteiger partial charge in [0.25, 0.3) is 0 Å². The molecule has 0 spiro atoms. The molecule has 3 N–H and O–H groups in total. The third-order valence-electron chi connectivity index (χ3n) is 2.68. The molecular formula is C15H14BrClN2O2. The van der Waals surface area contributed by atoms with Crippen molar-refractivity contribution < 1.29 is 9.53 Å². The van der Waals surface area contributed by atoms with Crippen molar-refractivity contribution in [2.45, 2.75) is 6.42 Å². The van der Waals surface area contributed by atoms with E-state index in [1.54, 1.807) is 36.4 Å². The summed E-state index contributed by atoms with van der Waals surface area (Å²) in [5, 5.41) is 3.27. The summed E-state index contributed by atoms with van der Waals surface area (Å²) in [5.41, 5.74) is 6.94. The van der Waals surface area contributed by atoms with Crippen LogP contribution in [0.3, 0.4) is 0 Å². The lowest BCUT2D eigenvalue weighted by Gasteiger charge is -2.09. The fraction of sp³-hybridized carbons (Fsp3) is 0.133. The van der Waals surface area contributed by atoms with E-state index in [1.165, 1.54) is 0 Å². The molecule has 0 aliphatic carbocycles. The van der Waals surface area contributed by atoms with E-state index in [-0.39, 0.29) is 18.9 Å². The Labute approximate surface area is 136 Å². The second-order valence-electron chi connectivity index (χ2n) is 4.34. The SMILES string of the molecule is Nc1ccc(NC(=O)CCOc2ccc(Br)cc2Cl)cc1. The summed E-state index contributed by atoms with van der Waals surface area (Å²) in [7, 11) is 0. The molecule has 6 heteroatoms. The van der Waals surface area contributed by atoms with E-state index < -0.39 is 0 Å². The average Bonchev–Trinajstić information content (AvgIpc) is 2.44. The Hall–Kier alpha value is -1.72. The zero-order valence-corrected chi connectivity index (χ0v) is 13.4. The van der Waals surface area contributed by atoms with Crippen molar-refractivity contribution in [1.29, 1.82) is 0 Å². The standard InChI is InChI=1S/C15H14BrClN2O2/c16-10-1-6-14(13(17)9-10)21-8-7-15(20)19-12-4-2-11(18)3-5-12/h1-6,9H,7-8,18H2,(H,19,20). The molecule has 0 saturated carbocycles. The molecule has 2 aromatic rings. The van der Waals surface area contributed by atoms with Gasteiger partial charge >= 0.3 is 0 Å². The van der Waals surface area contributed by atoms with Gasteiger partial charge in [0.15, 0.2) is 0 Å². The largest absolute Gasteiger partial charge is 0.491 e. The molecule has 4 nitrogen and oxygen atoms in total. The zero-order valence-electron chi connectivity index (χ0n) is 11.1. The molecule has 0 unspecified atom stereocenters. The number of amides is 1. The van der Waals surface area contributed by atoms with Crippen LogP contribution in [0.15, 0.2) is 46.9 Å². The molecule has 110 valence electrons. The summed E-state index contributed by atoms with van der Waals surface area (Å²) in [4.78, 5) is 11.8. The fourth-order valence-corrected chi connectivity index (χ4v) is 2.36. The van der Waals surface area contributed by atoms with Crippen molar-refractivity contribution in [2.24, 2.45) is 0 Å². The Morgan fingerprint density at radius 3 is 2.62 bits per heavy atom. The van der Waals surface area contributed by atoms with Gasteiger partial charge in [-0.3, -0.25) is 4.79 Å². The number of nitrogens with one attached hydrogen (secondary N) is 1. The van der Waals surface area contributed by atoms with Crippen molar-refractivity contribution in [3.05, 3.63) is 52.0 Å². The number of anilines is 2. The number of hydrogen-bond acceptors (Lipinski definition) is 3. The number of halogens is 2. The highest BCUT2D eigenvalue weighted by Gasteiger charge is 2.05. The molecule has 0 aliphatic heterocycles. The lowest BCUT2D eigenvalue weighted by molar-refractivity contribution is -0.116. The number of nitrogens with two attached hydrogens (primary N) is 1. The second-order valence-corrected chi connectivity index (χ2v) is 5.67. The summed E-state index contributed by atoms with van der Waals surface area (Å²) in [5.74, 6) is 0.424.